The van der Waals surface area contributed by atoms with Crippen LogP contribution in [-0.4, -0.2) is 48.0 Å². The van der Waals surface area contributed by atoms with Gasteiger partial charge in [-0.2, -0.15) is 0 Å². The lowest BCUT2D eigenvalue weighted by Gasteiger charge is -2.32. The number of piperidine rings is 1. The minimum Gasteiger partial charge on any atom is -0.343 e. The number of aromatic nitrogens is 5. The van der Waals surface area contributed by atoms with Gasteiger partial charge < -0.3 is 14.0 Å². The molecular weight excluding hydrogens is 376 g/mol. The summed E-state index contributed by atoms with van der Waals surface area (Å²) >= 11 is 0. The van der Waals surface area contributed by atoms with Gasteiger partial charge in [0.1, 0.15) is 12.2 Å². The second-order valence-corrected chi connectivity index (χ2v) is 8.66. The molecular formula is C23H32N6O. The van der Waals surface area contributed by atoms with Crippen molar-refractivity contribution in [2.45, 2.75) is 60.2 Å². The average Bonchev–Trinajstić information content (AvgIpc) is 3.40. The lowest BCUT2D eigenvalue weighted by molar-refractivity contribution is -0.133. The first-order valence-electron chi connectivity index (χ1n) is 10.8. The van der Waals surface area contributed by atoms with E-state index in [1.165, 1.54) is 11.4 Å². The van der Waals surface area contributed by atoms with Crippen LogP contribution < -0.4 is 0 Å². The molecule has 4 rings (SSSR count). The van der Waals surface area contributed by atoms with E-state index >= 15 is 0 Å². The Hall–Kier alpha value is -2.83. The van der Waals surface area contributed by atoms with Gasteiger partial charge in [-0.15, -0.1) is 5.10 Å². The van der Waals surface area contributed by atoms with E-state index in [1.807, 2.05) is 9.58 Å². The first kappa shape index (κ1) is 20.4. The van der Waals surface area contributed by atoms with Crippen LogP contribution in [0.4, 0.5) is 0 Å². The molecule has 0 saturated carbocycles. The Bertz CT molecular complexity index is 980. The summed E-state index contributed by atoms with van der Waals surface area (Å²) in [5.74, 6) is 0.755. The lowest BCUT2D eigenvalue weighted by Crippen LogP contribution is -2.41. The number of hydrogen-bond donors (Lipinski definition) is 0. The molecule has 30 heavy (non-hydrogen) atoms. The van der Waals surface area contributed by atoms with E-state index in [-0.39, 0.29) is 5.91 Å². The van der Waals surface area contributed by atoms with Crippen LogP contribution >= 0.6 is 0 Å². The van der Waals surface area contributed by atoms with E-state index in [0.717, 1.165) is 56.1 Å². The molecule has 1 aliphatic heterocycles. The first-order valence-corrected chi connectivity index (χ1v) is 10.8. The summed E-state index contributed by atoms with van der Waals surface area (Å²) < 4.78 is 6.32. The normalized spacial score (nSPS) is 15.1. The number of hydrogen-bond acceptors (Lipinski definition) is 3. The third-order valence-corrected chi connectivity index (χ3v) is 6.45. The van der Waals surface area contributed by atoms with Crippen LogP contribution in [0, 0.1) is 33.6 Å². The van der Waals surface area contributed by atoms with E-state index in [1.54, 1.807) is 0 Å². The zero-order valence-corrected chi connectivity index (χ0v) is 18.5. The van der Waals surface area contributed by atoms with E-state index < -0.39 is 0 Å². The molecule has 0 spiro atoms. The number of amides is 1. The van der Waals surface area contributed by atoms with Gasteiger partial charge in [0, 0.05) is 42.4 Å². The average molecular weight is 409 g/mol. The molecule has 160 valence electrons. The third kappa shape index (κ3) is 4.35. The van der Waals surface area contributed by atoms with Crippen LogP contribution in [0.5, 0.6) is 0 Å². The van der Waals surface area contributed by atoms with Crippen molar-refractivity contribution in [1.82, 2.24) is 29.0 Å². The molecule has 3 aromatic heterocycles. The topological polar surface area (TPSA) is 60.9 Å². The molecule has 4 heterocycles. The van der Waals surface area contributed by atoms with Crippen molar-refractivity contribution >= 4 is 5.91 Å². The third-order valence-electron chi connectivity index (χ3n) is 6.45. The molecule has 0 unspecified atom stereocenters. The number of likely N-dealkylation sites (tertiary alicyclic amines) is 1. The smallest absolute Gasteiger partial charge is 0.242 e. The SMILES string of the molecule is Cc1ccc(C)n1CC(=O)N1CCC(Cn2cc(Cn3c(C)ccc3C)nn2)CC1. The second kappa shape index (κ2) is 8.50. The monoisotopic (exact) mass is 408 g/mol. The summed E-state index contributed by atoms with van der Waals surface area (Å²) in [5.41, 5.74) is 5.75. The highest BCUT2D eigenvalue weighted by Crippen LogP contribution is 2.20. The van der Waals surface area contributed by atoms with Gasteiger partial charge in [-0.25, -0.2) is 0 Å². The number of carbonyl (C=O) groups excluding carboxylic acids is 1. The fraction of sp³-hybridized carbons (Fsp3) is 0.522. The molecule has 0 aromatic carbocycles. The van der Waals surface area contributed by atoms with Crippen LogP contribution in [0.25, 0.3) is 0 Å². The molecule has 0 bridgehead atoms. The zero-order valence-electron chi connectivity index (χ0n) is 18.5. The van der Waals surface area contributed by atoms with Gasteiger partial charge in [-0.1, -0.05) is 5.21 Å². The summed E-state index contributed by atoms with van der Waals surface area (Å²) in [4.78, 5) is 14.7. The maximum atomic E-state index is 12.7. The molecule has 0 aliphatic carbocycles. The Morgan fingerprint density at radius 1 is 0.933 bits per heavy atom. The highest BCUT2D eigenvalue weighted by Gasteiger charge is 2.24. The Morgan fingerprint density at radius 3 is 2.10 bits per heavy atom. The van der Waals surface area contributed by atoms with Gasteiger partial charge in [-0.3, -0.25) is 9.48 Å². The molecule has 7 heteroatoms. The van der Waals surface area contributed by atoms with Crippen molar-refractivity contribution in [2.75, 3.05) is 13.1 Å². The van der Waals surface area contributed by atoms with Gasteiger partial charge in [0.05, 0.1) is 12.7 Å². The standard InChI is InChI=1S/C23H32N6O/c1-17-5-6-18(2)28(17)15-22-14-27(25-24-22)13-21-9-11-26(12-10-21)23(30)16-29-19(3)7-8-20(29)4/h5-8,14,21H,9-13,15-16H2,1-4H3. The van der Waals surface area contributed by atoms with E-state index in [2.05, 4.69) is 77.6 Å². The predicted octanol–water partition coefficient (Wildman–Crippen LogP) is 3.10. The largest absolute Gasteiger partial charge is 0.343 e. The van der Waals surface area contributed by atoms with Crippen molar-refractivity contribution < 1.29 is 4.79 Å². The molecule has 0 atom stereocenters. The number of rotatable bonds is 6. The number of nitrogens with zero attached hydrogens (tertiary/aromatic N) is 6. The Kier molecular flexibility index (Phi) is 5.79. The quantitative estimate of drug-likeness (QED) is 0.630. The van der Waals surface area contributed by atoms with Crippen LogP contribution in [0.3, 0.4) is 0 Å². The van der Waals surface area contributed by atoms with Crippen LogP contribution in [-0.2, 0) is 24.4 Å². The molecule has 1 amide bonds. The van der Waals surface area contributed by atoms with Gasteiger partial charge in [-0.05, 0) is 70.7 Å². The summed E-state index contributed by atoms with van der Waals surface area (Å²) in [6.07, 6.45) is 4.09. The Morgan fingerprint density at radius 2 is 1.50 bits per heavy atom. The summed E-state index contributed by atoms with van der Waals surface area (Å²) in [6, 6.07) is 8.40. The van der Waals surface area contributed by atoms with Crippen LogP contribution in [0.15, 0.2) is 30.5 Å². The van der Waals surface area contributed by atoms with Crippen LogP contribution in [0.2, 0.25) is 0 Å². The van der Waals surface area contributed by atoms with Gasteiger partial charge in [0.25, 0.3) is 0 Å². The van der Waals surface area contributed by atoms with Crippen molar-refractivity contribution in [3.05, 3.63) is 58.9 Å². The van der Waals surface area contributed by atoms with E-state index in [0.29, 0.717) is 12.5 Å². The highest BCUT2D eigenvalue weighted by molar-refractivity contribution is 5.76. The molecule has 1 fully saturated rings. The van der Waals surface area contributed by atoms with Gasteiger partial charge >= 0.3 is 0 Å². The number of aryl methyl sites for hydroxylation is 4. The summed E-state index contributed by atoms with van der Waals surface area (Å²) in [5, 5.41) is 8.71. The van der Waals surface area contributed by atoms with Crippen LogP contribution in [0.1, 0.15) is 41.3 Å². The molecule has 7 nitrogen and oxygen atoms in total. The van der Waals surface area contributed by atoms with Crippen molar-refractivity contribution in [2.24, 2.45) is 5.92 Å². The van der Waals surface area contributed by atoms with Crippen molar-refractivity contribution in [3.8, 4) is 0 Å². The fourth-order valence-corrected chi connectivity index (χ4v) is 4.42. The maximum absolute atomic E-state index is 12.7. The Balaban J connectivity index is 1.28. The fourth-order valence-electron chi connectivity index (χ4n) is 4.42. The maximum Gasteiger partial charge on any atom is 0.242 e. The molecule has 0 radical (unpaired) electrons. The van der Waals surface area contributed by atoms with E-state index in [4.69, 9.17) is 0 Å². The minimum atomic E-state index is 0.219. The minimum absolute atomic E-state index is 0.219. The van der Waals surface area contributed by atoms with E-state index in [9.17, 15) is 4.79 Å². The number of carbonyl (C=O) groups is 1. The Labute approximate surface area is 178 Å². The zero-order chi connectivity index (χ0) is 21.3. The van der Waals surface area contributed by atoms with Crippen molar-refractivity contribution in [1.29, 1.82) is 0 Å². The summed E-state index contributed by atoms with van der Waals surface area (Å²) in [6.45, 7) is 12.1. The van der Waals surface area contributed by atoms with Gasteiger partial charge in [0.15, 0.2) is 0 Å². The molecule has 0 N–H and O–H groups in total. The van der Waals surface area contributed by atoms with Gasteiger partial charge in [0.2, 0.25) is 5.91 Å². The highest BCUT2D eigenvalue weighted by atomic mass is 16.2. The molecule has 3 aromatic rings. The van der Waals surface area contributed by atoms with Crippen molar-refractivity contribution in [3.63, 3.8) is 0 Å². The summed E-state index contributed by atoms with van der Waals surface area (Å²) in [7, 11) is 0. The first-order chi connectivity index (χ1) is 14.4. The predicted molar refractivity (Wildman–Crippen MR) is 116 cm³/mol. The lowest BCUT2D eigenvalue weighted by atomic mass is 9.97. The molecule has 1 saturated heterocycles. The molecule has 1 aliphatic rings. The second-order valence-electron chi connectivity index (χ2n) is 8.66.